The molecule has 0 bridgehead atoms. The molecule has 184 valence electrons. The summed E-state index contributed by atoms with van der Waals surface area (Å²) >= 11 is 0. The normalized spacial score (nSPS) is 20.3. The third kappa shape index (κ3) is 4.25. The fraction of sp³-hybridized carbons (Fsp3) is 0.385. The number of pyridine rings is 1. The van der Waals surface area contributed by atoms with Gasteiger partial charge in [-0.15, -0.1) is 0 Å². The first-order valence-corrected chi connectivity index (χ1v) is 11.9. The van der Waals surface area contributed by atoms with Gasteiger partial charge < -0.3 is 25.2 Å². The number of piperazine rings is 1. The van der Waals surface area contributed by atoms with Crippen LogP contribution in [-0.2, 0) is 6.54 Å². The highest BCUT2D eigenvalue weighted by molar-refractivity contribution is 6.00. The van der Waals surface area contributed by atoms with Gasteiger partial charge in [0, 0.05) is 44.0 Å². The molecule has 7 nitrogen and oxygen atoms in total. The Morgan fingerprint density at radius 1 is 1.11 bits per heavy atom. The molecule has 9 heteroatoms. The van der Waals surface area contributed by atoms with Gasteiger partial charge in [-0.05, 0) is 32.3 Å². The summed E-state index contributed by atoms with van der Waals surface area (Å²) in [7, 11) is 0. The minimum Gasteiger partial charge on any atom is -0.477 e. The average Bonchev–Trinajstić information content (AvgIpc) is 3.64. The van der Waals surface area contributed by atoms with Gasteiger partial charge in [0.05, 0.1) is 16.6 Å². The number of carboxylic acid groups (broad SMARTS) is 1. The molecule has 0 spiro atoms. The van der Waals surface area contributed by atoms with E-state index in [0.29, 0.717) is 13.1 Å². The third-order valence-corrected chi connectivity index (χ3v) is 6.68. The van der Waals surface area contributed by atoms with Crippen LogP contribution >= 0.6 is 0 Å². The molecule has 1 aliphatic carbocycles. The lowest BCUT2D eigenvalue weighted by atomic mass is 10.0. The van der Waals surface area contributed by atoms with Gasteiger partial charge in [-0.3, -0.25) is 4.79 Å². The van der Waals surface area contributed by atoms with Crippen LogP contribution in [0.3, 0.4) is 0 Å². The topological polar surface area (TPSA) is 86.6 Å². The lowest BCUT2D eigenvalue weighted by molar-refractivity contribution is 0.0694. The van der Waals surface area contributed by atoms with Gasteiger partial charge >= 0.3 is 5.97 Å². The van der Waals surface area contributed by atoms with Crippen molar-refractivity contribution in [2.45, 2.75) is 51.4 Å². The molecule has 2 fully saturated rings. The maximum absolute atomic E-state index is 16.2. The number of fused-ring (bicyclic) bond motifs is 1. The zero-order valence-corrected chi connectivity index (χ0v) is 19.6. The summed E-state index contributed by atoms with van der Waals surface area (Å²) in [5.41, 5.74) is -0.957. The Hall–Kier alpha value is -3.46. The zero-order valence-electron chi connectivity index (χ0n) is 19.6. The number of halogens is 2. The molecule has 1 aromatic heterocycles. The molecule has 5 rings (SSSR count). The lowest BCUT2D eigenvalue weighted by Crippen LogP contribution is -2.54. The van der Waals surface area contributed by atoms with Crippen LogP contribution in [0.25, 0.3) is 10.9 Å². The van der Waals surface area contributed by atoms with Gasteiger partial charge in [-0.1, -0.05) is 30.3 Å². The van der Waals surface area contributed by atoms with Crippen LogP contribution in [0.5, 0.6) is 0 Å². The van der Waals surface area contributed by atoms with E-state index in [2.05, 4.69) is 10.6 Å². The highest BCUT2D eigenvalue weighted by Gasteiger charge is 2.35. The zero-order chi connectivity index (χ0) is 24.9. The van der Waals surface area contributed by atoms with E-state index in [1.54, 1.807) is 4.90 Å². The fourth-order valence-electron chi connectivity index (χ4n) is 5.06. The van der Waals surface area contributed by atoms with Crippen molar-refractivity contribution in [3.05, 3.63) is 69.5 Å². The predicted molar refractivity (Wildman–Crippen MR) is 131 cm³/mol. The van der Waals surface area contributed by atoms with E-state index in [9.17, 15) is 14.7 Å². The number of carboxylic acids is 1. The second kappa shape index (κ2) is 8.96. The summed E-state index contributed by atoms with van der Waals surface area (Å²) in [5, 5.41) is 15.8. The molecule has 0 radical (unpaired) electrons. The Morgan fingerprint density at radius 2 is 1.77 bits per heavy atom. The quantitative estimate of drug-likeness (QED) is 0.490. The number of anilines is 2. The minimum atomic E-state index is -1.42. The molecule has 1 saturated heterocycles. The maximum atomic E-state index is 16.2. The highest BCUT2D eigenvalue weighted by atomic mass is 19.1. The van der Waals surface area contributed by atoms with E-state index in [1.165, 1.54) is 10.8 Å². The van der Waals surface area contributed by atoms with Crippen LogP contribution < -0.4 is 21.0 Å². The van der Waals surface area contributed by atoms with Crippen molar-refractivity contribution in [1.29, 1.82) is 0 Å². The van der Waals surface area contributed by atoms with E-state index < -0.39 is 28.6 Å². The molecular formula is C26H28F2N4O3. The molecule has 1 saturated carbocycles. The minimum absolute atomic E-state index is 0.00832. The Labute approximate surface area is 201 Å². The second-order valence-corrected chi connectivity index (χ2v) is 9.60. The first-order valence-electron chi connectivity index (χ1n) is 11.9. The first kappa shape index (κ1) is 23.3. The van der Waals surface area contributed by atoms with E-state index in [1.807, 2.05) is 44.2 Å². The van der Waals surface area contributed by atoms with Gasteiger partial charge in [0.1, 0.15) is 11.3 Å². The van der Waals surface area contributed by atoms with Crippen molar-refractivity contribution in [2.75, 3.05) is 23.3 Å². The number of aromatic nitrogens is 1. The molecule has 3 N–H and O–H groups in total. The first-order chi connectivity index (χ1) is 16.8. The Kier molecular flexibility index (Phi) is 5.96. The number of hydrogen-bond donors (Lipinski definition) is 3. The van der Waals surface area contributed by atoms with Gasteiger partial charge in [-0.25, -0.2) is 13.6 Å². The van der Waals surface area contributed by atoms with Crippen molar-refractivity contribution >= 4 is 28.2 Å². The lowest BCUT2D eigenvalue weighted by Gasteiger charge is -2.38. The molecule has 3 aromatic rings. The van der Waals surface area contributed by atoms with Crippen LogP contribution in [0, 0.1) is 11.6 Å². The smallest absolute Gasteiger partial charge is 0.341 e. The average molecular weight is 483 g/mol. The van der Waals surface area contributed by atoms with Crippen LogP contribution in [0.15, 0.2) is 41.3 Å². The van der Waals surface area contributed by atoms with E-state index in [-0.39, 0.29) is 46.9 Å². The van der Waals surface area contributed by atoms with Crippen LogP contribution in [0.2, 0.25) is 0 Å². The Balaban J connectivity index is 1.78. The molecule has 35 heavy (non-hydrogen) atoms. The van der Waals surface area contributed by atoms with Gasteiger partial charge in [0.2, 0.25) is 5.43 Å². The molecule has 0 unspecified atom stereocenters. The second-order valence-electron chi connectivity index (χ2n) is 9.60. The monoisotopic (exact) mass is 482 g/mol. The molecule has 2 atom stereocenters. The van der Waals surface area contributed by atoms with E-state index in [4.69, 9.17) is 0 Å². The summed E-state index contributed by atoms with van der Waals surface area (Å²) < 4.78 is 34.0. The summed E-state index contributed by atoms with van der Waals surface area (Å²) in [5.74, 6) is -3.13. The molecule has 2 aliphatic rings. The Morgan fingerprint density at radius 3 is 2.37 bits per heavy atom. The van der Waals surface area contributed by atoms with Crippen molar-refractivity contribution in [2.24, 2.45) is 0 Å². The predicted octanol–water partition coefficient (Wildman–Crippen LogP) is 4.11. The van der Waals surface area contributed by atoms with Gasteiger partial charge in [-0.2, -0.15) is 0 Å². The SMILES string of the molecule is C[C@@H]1CN(c2c(F)c(NCc3ccccc3)c3c(=O)c(C(=O)O)cn(C4CC4)c3c2F)C[C@H](C)N1. The summed E-state index contributed by atoms with van der Waals surface area (Å²) in [6, 6.07) is 9.12. The van der Waals surface area contributed by atoms with Gasteiger partial charge in [0.15, 0.2) is 11.6 Å². The number of carbonyl (C=O) groups is 1. The number of aromatic carboxylic acids is 1. The molecule has 2 heterocycles. The van der Waals surface area contributed by atoms with Crippen molar-refractivity contribution in [3.8, 4) is 0 Å². The van der Waals surface area contributed by atoms with Crippen molar-refractivity contribution in [1.82, 2.24) is 9.88 Å². The number of benzene rings is 2. The van der Waals surface area contributed by atoms with E-state index >= 15 is 8.78 Å². The molecular weight excluding hydrogens is 454 g/mol. The fourth-order valence-corrected chi connectivity index (χ4v) is 5.06. The standard InChI is InChI=1S/C26H28F2N4O3/c1-14-11-31(12-15(2)30-14)24-20(27)22(29-10-16-6-4-3-5-7-16)19-23(21(24)28)32(17-8-9-17)13-18(25(19)33)26(34)35/h3-7,13-15,17,29-30H,8-12H2,1-2H3,(H,34,35)/t14-,15+. The molecule has 0 amide bonds. The number of rotatable bonds is 6. The number of hydrogen-bond acceptors (Lipinski definition) is 5. The number of nitrogens with one attached hydrogen (secondary N) is 2. The van der Waals surface area contributed by atoms with Crippen molar-refractivity contribution in [3.63, 3.8) is 0 Å². The summed E-state index contributed by atoms with van der Waals surface area (Å²) in [6.07, 6.45) is 2.68. The largest absolute Gasteiger partial charge is 0.477 e. The molecule has 1 aliphatic heterocycles. The van der Waals surface area contributed by atoms with Crippen LogP contribution in [-0.4, -0.2) is 40.8 Å². The van der Waals surface area contributed by atoms with Crippen LogP contribution in [0.1, 0.15) is 48.7 Å². The highest BCUT2D eigenvalue weighted by Crippen LogP contribution is 2.42. The number of nitrogens with zero attached hydrogens (tertiary/aromatic N) is 2. The van der Waals surface area contributed by atoms with Crippen molar-refractivity contribution < 1.29 is 18.7 Å². The Bertz CT molecular complexity index is 1340. The van der Waals surface area contributed by atoms with Crippen LogP contribution in [0.4, 0.5) is 20.2 Å². The summed E-state index contributed by atoms with van der Waals surface area (Å²) in [4.78, 5) is 26.9. The summed E-state index contributed by atoms with van der Waals surface area (Å²) in [6.45, 7) is 4.87. The third-order valence-electron chi connectivity index (χ3n) is 6.68. The maximum Gasteiger partial charge on any atom is 0.341 e. The molecule has 2 aromatic carbocycles. The van der Waals surface area contributed by atoms with Gasteiger partial charge in [0.25, 0.3) is 0 Å². The van der Waals surface area contributed by atoms with E-state index in [0.717, 1.165) is 18.4 Å².